The Balaban J connectivity index is 1.64. The molecule has 0 fully saturated rings. The number of benzene rings is 4. The summed E-state index contributed by atoms with van der Waals surface area (Å²) in [6.45, 7) is 4.17. The third kappa shape index (κ3) is 7.21. The van der Waals surface area contributed by atoms with Crippen LogP contribution in [0.1, 0.15) is 37.0 Å². The zero-order valence-electron chi connectivity index (χ0n) is 21.4. The van der Waals surface area contributed by atoms with Gasteiger partial charge in [0.15, 0.2) is 0 Å². The van der Waals surface area contributed by atoms with E-state index in [2.05, 4.69) is 29.6 Å². The average Bonchev–Trinajstić information content (AvgIpc) is 2.89. The van der Waals surface area contributed by atoms with E-state index in [1.165, 1.54) is 0 Å². The number of hydrogen-bond donors (Lipinski definition) is 1. The zero-order chi connectivity index (χ0) is 26.2. The van der Waals surface area contributed by atoms with E-state index in [4.69, 9.17) is 11.6 Å². The van der Waals surface area contributed by atoms with Crippen molar-refractivity contribution in [3.63, 3.8) is 0 Å². The smallest absolute Gasteiger partial charge is 0.243 e. The van der Waals surface area contributed by atoms with Crippen LogP contribution in [0.25, 0.3) is 10.8 Å². The van der Waals surface area contributed by atoms with Gasteiger partial charge in [0.2, 0.25) is 11.8 Å². The molecule has 190 valence electrons. The Morgan fingerprint density at radius 2 is 1.51 bits per heavy atom. The first-order chi connectivity index (χ1) is 17.9. The molecule has 4 rings (SSSR count). The van der Waals surface area contributed by atoms with Crippen LogP contribution in [-0.2, 0) is 29.0 Å². The van der Waals surface area contributed by atoms with E-state index in [-0.39, 0.29) is 17.9 Å². The fraction of sp³-hybridized carbons (Fsp3) is 0.250. The number of nitrogens with zero attached hydrogens (tertiary/aromatic N) is 1. The lowest BCUT2D eigenvalue weighted by molar-refractivity contribution is -0.141. The molecule has 4 aromatic rings. The molecule has 0 saturated heterocycles. The highest BCUT2D eigenvalue weighted by atomic mass is 35.5. The van der Waals surface area contributed by atoms with Gasteiger partial charge in [-0.3, -0.25) is 9.59 Å². The SMILES string of the molecule is CC(C)NC(=O)C(Cc1ccccc1)N(Cc1cccc(Cl)c1)C(=O)CCc1cccc2ccccc12. The number of amides is 2. The number of fused-ring (bicyclic) bond motifs is 1. The summed E-state index contributed by atoms with van der Waals surface area (Å²) in [6, 6.07) is 31.0. The van der Waals surface area contributed by atoms with Gasteiger partial charge < -0.3 is 10.2 Å². The van der Waals surface area contributed by atoms with E-state index >= 15 is 0 Å². The van der Waals surface area contributed by atoms with Crippen LogP contribution in [0, 0.1) is 0 Å². The van der Waals surface area contributed by atoms with E-state index in [9.17, 15) is 9.59 Å². The van der Waals surface area contributed by atoms with Crippen LogP contribution in [0.3, 0.4) is 0 Å². The molecule has 0 bridgehead atoms. The molecule has 1 atom stereocenters. The van der Waals surface area contributed by atoms with Crippen LogP contribution >= 0.6 is 11.6 Å². The van der Waals surface area contributed by atoms with Gasteiger partial charge in [0.05, 0.1) is 0 Å². The quantitative estimate of drug-likeness (QED) is 0.260. The van der Waals surface area contributed by atoms with Crippen molar-refractivity contribution >= 4 is 34.2 Å². The second-order valence-corrected chi connectivity index (χ2v) is 10.1. The summed E-state index contributed by atoms with van der Waals surface area (Å²) in [5.41, 5.74) is 3.02. The molecule has 0 aliphatic heterocycles. The fourth-order valence-electron chi connectivity index (χ4n) is 4.66. The van der Waals surface area contributed by atoms with Crippen molar-refractivity contribution in [2.75, 3.05) is 0 Å². The van der Waals surface area contributed by atoms with Crippen molar-refractivity contribution < 1.29 is 9.59 Å². The number of aryl methyl sites for hydroxylation is 1. The summed E-state index contributed by atoms with van der Waals surface area (Å²) in [5.74, 6) is -0.216. The van der Waals surface area contributed by atoms with E-state index in [1.807, 2.05) is 86.6 Å². The lowest BCUT2D eigenvalue weighted by Crippen LogP contribution is -2.51. The predicted octanol–water partition coefficient (Wildman–Crippen LogP) is 6.59. The minimum absolute atomic E-state index is 0.0374. The molecule has 1 unspecified atom stereocenters. The highest BCUT2D eigenvalue weighted by Crippen LogP contribution is 2.22. The lowest BCUT2D eigenvalue weighted by Gasteiger charge is -2.32. The first-order valence-electron chi connectivity index (χ1n) is 12.8. The Labute approximate surface area is 224 Å². The Hall–Kier alpha value is -3.63. The summed E-state index contributed by atoms with van der Waals surface area (Å²) < 4.78 is 0. The molecule has 0 aliphatic rings. The van der Waals surface area contributed by atoms with Gasteiger partial charge in [0, 0.05) is 30.5 Å². The summed E-state index contributed by atoms with van der Waals surface area (Å²) in [6.07, 6.45) is 1.32. The molecule has 4 nitrogen and oxygen atoms in total. The molecule has 5 heteroatoms. The van der Waals surface area contributed by atoms with Crippen LogP contribution in [0.5, 0.6) is 0 Å². The highest BCUT2D eigenvalue weighted by molar-refractivity contribution is 6.30. The molecule has 4 aromatic carbocycles. The Morgan fingerprint density at radius 1 is 0.838 bits per heavy atom. The second-order valence-electron chi connectivity index (χ2n) is 9.66. The van der Waals surface area contributed by atoms with E-state index in [0.29, 0.717) is 30.8 Å². The molecular formula is C32H33ClN2O2. The van der Waals surface area contributed by atoms with Crippen LogP contribution < -0.4 is 5.32 Å². The molecule has 0 spiro atoms. The van der Waals surface area contributed by atoms with Gasteiger partial charge in [-0.25, -0.2) is 0 Å². The van der Waals surface area contributed by atoms with Crippen molar-refractivity contribution in [1.82, 2.24) is 10.2 Å². The number of hydrogen-bond acceptors (Lipinski definition) is 2. The van der Waals surface area contributed by atoms with Gasteiger partial charge in [0.25, 0.3) is 0 Å². The van der Waals surface area contributed by atoms with Crippen molar-refractivity contribution in [2.24, 2.45) is 0 Å². The van der Waals surface area contributed by atoms with Gasteiger partial charge in [-0.15, -0.1) is 0 Å². The van der Waals surface area contributed by atoms with Crippen LogP contribution in [0.15, 0.2) is 97.1 Å². The van der Waals surface area contributed by atoms with Crippen LogP contribution in [0.2, 0.25) is 5.02 Å². The molecule has 37 heavy (non-hydrogen) atoms. The molecule has 0 radical (unpaired) electrons. The number of carbonyl (C=O) groups excluding carboxylic acids is 2. The molecule has 0 heterocycles. The standard InChI is InChI=1S/C32H33ClN2O2/c1-23(2)34-32(37)30(21-24-10-4-3-5-11-24)35(22-25-12-8-16-28(33)20-25)31(36)19-18-27-15-9-14-26-13-6-7-17-29(26)27/h3-17,20,23,30H,18-19,21-22H2,1-2H3,(H,34,37). The molecule has 1 N–H and O–H groups in total. The number of nitrogens with one attached hydrogen (secondary N) is 1. The minimum atomic E-state index is -0.649. The maximum Gasteiger partial charge on any atom is 0.243 e. The Morgan fingerprint density at radius 3 is 2.27 bits per heavy atom. The molecule has 0 saturated carbocycles. The Kier molecular flexibility index (Phi) is 8.97. The van der Waals surface area contributed by atoms with Gasteiger partial charge in [-0.1, -0.05) is 96.5 Å². The van der Waals surface area contributed by atoms with Crippen LogP contribution in [-0.4, -0.2) is 28.8 Å². The number of carbonyl (C=O) groups is 2. The summed E-state index contributed by atoms with van der Waals surface area (Å²) >= 11 is 6.26. The molecular weight excluding hydrogens is 480 g/mol. The predicted molar refractivity (Wildman–Crippen MR) is 151 cm³/mol. The Bertz CT molecular complexity index is 1350. The fourth-order valence-corrected chi connectivity index (χ4v) is 4.88. The summed E-state index contributed by atoms with van der Waals surface area (Å²) in [5, 5.41) is 5.94. The second kappa shape index (κ2) is 12.6. The van der Waals surface area contributed by atoms with Crippen molar-refractivity contribution in [2.45, 2.75) is 51.7 Å². The first kappa shape index (κ1) is 26.4. The van der Waals surface area contributed by atoms with E-state index in [1.54, 1.807) is 4.90 Å². The first-order valence-corrected chi connectivity index (χ1v) is 13.1. The van der Waals surface area contributed by atoms with Crippen molar-refractivity contribution in [3.8, 4) is 0 Å². The highest BCUT2D eigenvalue weighted by Gasteiger charge is 2.30. The lowest BCUT2D eigenvalue weighted by atomic mass is 9.99. The number of rotatable bonds is 10. The van der Waals surface area contributed by atoms with E-state index in [0.717, 1.165) is 27.5 Å². The summed E-state index contributed by atoms with van der Waals surface area (Å²) in [7, 11) is 0. The normalized spacial score (nSPS) is 11.9. The minimum Gasteiger partial charge on any atom is -0.352 e. The third-order valence-corrected chi connectivity index (χ3v) is 6.67. The van der Waals surface area contributed by atoms with Gasteiger partial charge in [0.1, 0.15) is 6.04 Å². The monoisotopic (exact) mass is 512 g/mol. The van der Waals surface area contributed by atoms with Crippen LogP contribution in [0.4, 0.5) is 0 Å². The van der Waals surface area contributed by atoms with Crippen molar-refractivity contribution in [3.05, 3.63) is 119 Å². The molecule has 2 amide bonds. The third-order valence-electron chi connectivity index (χ3n) is 6.43. The topological polar surface area (TPSA) is 49.4 Å². The van der Waals surface area contributed by atoms with Crippen molar-refractivity contribution in [1.29, 1.82) is 0 Å². The maximum atomic E-state index is 13.9. The van der Waals surface area contributed by atoms with Gasteiger partial charge in [-0.2, -0.15) is 0 Å². The number of halogens is 1. The van der Waals surface area contributed by atoms with E-state index < -0.39 is 6.04 Å². The molecule has 0 aromatic heterocycles. The maximum absolute atomic E-state index is 13.9. The zero-order valence-corrected chi connectivity index (χ0v) is 22.1. The average molecular weight is 513 g/mol. The molecule has 0 aliphatic carbocycles. The largest absolute Gasteiger partial charge is 0.352 e. The van der Waals surface area contributed by atoms with Gasteiger partial charge in [-0.05, 0) is 59.9 Å². The summed E-state index contributed by atoms with van der Waals surface area (Å²) in [4.78, 5) is 29.1. The van der Waals surface area contributed by atoms with Gasteiger partial charge >= 0.3 is 0 Å².